The zero-order valence-corrected chi connectivity index (χ0v) is 10.9. The van der Waals surface area contributed by atoms with E-state index in [9.17, 15) is 4.79 Å². The van der Waals surface area contributed by atoms with Gasteiger partial charge in [-0.2, -0.15) is 0 Å². The molecule has 0 aromatic heterocycles. The smallest absolute Gasteiger partial charge is 0.262 e. The fourth-order valence-corrected chi connectivity index (χ4v) is 2.46. The van der Waals surface area contributed by atoms with Crippen LogP contribution in [0.5, 0.6) is 5.75 Å². The molecule has 2 aliphatic heterocycles. The van der Waals surface area contributed by atoms with Crippen molar-refractivity contribution in [1.82, 2.24) is 0 Å². The topological polar surface area (TPSA) is 59.6 Å². The van der Waals surface area contributed by atoms with Crippen molar-refractivity contribution < 1.29 is 14.3 Å². The van der Waals surface area contributed by atoms with Crippen LogP contribution in [-0.4, -0.2) is 31.3 Å². The Hall–Kier alpha value is -1.75. The van der Waals surface area contributed by atoms with Gasteiger partial charge in [-0.05, 0) is 38.0 Å². The summed E-state index contributed by atoms with van der Waals surface area (Å²) in [7, 11) is 0. The molecule has 1 aromatic rings. The number of ether oxygens (including phenoxy) is 2. The molecule has 2 unspecified atom stereocenters. The van der Waals surface area contributed by atoms with E-state index in [1.165, 1.54) is 0 Å². The van der Waals surface area contributed by atoms with Crippen LogP contribution in [0.4, 0.5) is 11.4 Å². The first-order valence-corrected chi connectivity index (χ1v) is 6.67. The van der Waals surface area contributed by atoms with Gasteiger partial charge in [-0.3, -0.25) is 4.79 Å². The molecule has 5 heteroatoms. The van der Waals surface area contributed by atoms with Gasteiger partial charge >= 0.3 is 0 Å². The van der Waals surface area contributed by atoms with Crippen LogP contribution >= 0.6 is 0 Å². The summed E-state index contributed by atoms with van der Waals surface area (Å²) in [6.45, 7) is 2.98. The molecule has 2 atom stereocenters. The van der Waals surface area contributed by atoms with Crippen LogP contribution in [0.1, 0.15) is 19.8 Å². The average molecular weight is 262 g/mol. The third-order valence-electron chi connectivity index (χ3n) is 3.47. The highest BCUT2D eigenvalue weighted by Crippen LogP contribution is 2.30. The normalized spacial score (nSPS) is 25.4. The highest BCUT2D eigenvalue weighted by atomic mass is 16.5. The van der Waals surface area contributed by atoms with Crippen LogP contribution in [0, 0.1) is 0 Å². The number of benzene rings is 1. The lowest BCUT2D eigenvalue weighted by Gasteiger charge is -2.19. The minimum Gasteiger partial charge on any atom is -0.482 e. The molecule has 2 heterocycles. The molecule has 0 aliphatic carbocycles. The number of amides is 1. The van der Waals surface area contributed by atoms with Gasteiger partial charge in [0.15, 0.2) is 6.61 Å². The van der Waals surface area contributed by atoms with Gasteiger partial charge < -0.3 is 20.1 Å². The summed E-state index contributed by atoms with van der Waals surface area (Å²) in [5.74, 6) is 0.605. The van der Waals surface area contributed by atoms with Crippen molar-refractivity contribution in [2.24, 2.45) is 0 Å². The maximum atomic E-state index is 11.3. The maximum absolute atomic E-state index is 11.3. The third-order valence-corrected chi connectivity index (χ3v) is 3.47. The van der Waals surface area contributed by atoms with Gasteiger partial charge in [0.1, 0.15) is 5.75 Å². The molecule has 102 valence electrons. The largest absolute Gasteiger partial charge is 0.482 e. The monoisotopic (exact) mass is 262 g/mol. The van der Waals surface area contributed by atoms with Crippen LogP contribution in [-0.2, 0) is 9.53 Å². The highest BCUT2D eigenvalue weighted by molar-refractivity contribution is 5.95. The predicted molar refractivity (Wildman–Crippen MR) is 72.6 cm³/mol. The Balaban J connectivity index is 1.62. The molecular formula is C14H18N2O3. The number of rotatable bonds is 3. The van der Waals surface area contributed by atoms with Crippen molar-refractivity contribution in [3.05, 3.63) is 18.2 Å². The molecule has 1 amide bonds. The Bertz CT molecular complexity index is 490. The van der Waals surface area contributed by atoms with Crippen molar-refractivity contribution in [3.8, 4) is 5.75 Å². The minimum absolute atomic E-state index is 0.0909. The Morgan fingerprint density at radius 2 is 2.32 bits per heavy atom. The summed E-state index contributed by atoms with van der Waals surface area (Å²) in [5, 5.41) is 6.14. The van der Waals surface area contributed by atoms with Crippen molar-refractivity contribution in [1.29, 1.82) is 0 Å². The molecule has 0 radical (unpaired) electrons. The number of anilines is 2. The van der Waals surface area contributed by atoms with Crippen LogP contribution in [0.2, 0.25) is 0 Å². The first-order valence-electron chi connectivity index (χ1n) is 6.67. The molecule has 0 bridgehead atoms. The lowest BCUT2D eigenvalue weighted by atomic mass is 10.2. The predicted octanol–water partition coefficient (Wildman–Crippen LogP) is 2.00. The van der Waals surface area contributed by atoms with Gasteiger partial charge in [-0.25, -0.2) is 0 Å². The number of carbonyl (C=O) groups excluding carboxylic acids is 1. The van der Waals surface area contributed by atoms with E-state index in [4.69, 9.17) is 9.47 Å². The molecule has 1 saturated heterocycles. The molecular weight excluding hydrogens is 244 g/mol. The number of fused-ring (bicyclic) bond motifs is 1. The lowest BCUT2D eigenvalue weighted by molar-refractivity contribution is -0.118. The third kappa shape index (κ3) is 2.81. The summed E-state index contributed by atoms with van der Waals surface area (Å²) in [4.78, 5) is 11.3. The Morgan fingerprint density at radius 3 is 3.11 bits per heavy atom. The maximum Gasteiger partial charge on any atom is 0.262 e. The molecule has 5 nitrogen and oxygen atoms in total. The molecule has 2 N–H and O–H groups in total. The van der Waals surface area contributed by atoms with E-state index in [2.05, 4.69) is 17.6 Å². The lowest BCUT2D eigenvalue weighted by Crippen LogP contribution is -2.25. The van der Waals surface area contributed by atoms with Crippen LogP contribution < -0.4 is 15.4 Å². The van der Waals surface area contributed by atoms with Gasteiger partial charge in [-0.15, -0.1) is 0 Å². The van der Waals surface area contributed by atoms with Crippen molar-refractivity contribution >= 4 is 17.3 Å². The van der Waals surface area contributed by atoms with Crippen LogP contribution in [0.25, 0.3) is 0 Å². The zero-order chi connectivity index (χ0) is 13.2. The molecule has 3 rings (SSSR count). The molecule has 19 heavy (non-hydrogen) atoms. The Labute approximate surface area is 112 Å². The summed E-state index contributed by atoms with van der Waals surface area (Å²) in [6, 6.07) is 5.72. The summed E-state index contributed by atoms with van der Waals surface area (Å²) >= 11 is 0. The van der Waals surface area contributed by atoms with E-state index in [1.54, 1.807) is 0 Å². The second-order valence-electron chi connectivity index (χ2n) is 5.07. The number of hydrogen-bond acceptors (Lipinski definition) is 4. The van der Waals surface area contributed by atoms with E-state index >= 15 is 0 Å². The van der Waals surface area contributed by atoms with Crippen molar-refractivity contribution in [3.63, 3.8) is 0 Å². The number of nitrogens with one attached hydrogen (secondary N) is 2. The minimum atomic E-state index is -0.113. The van der Waals surface area contributed by atoms with Gasteiger partial charge in [0, 0.05) is 12.2 Å². The van der Waals surface area contributed by atoms with Gasteiger partial charge in [0.05, 0.1) is 17.9 Å². The number of carbonyl (C=O) groups is 1. The molecule has 0 spiro atoms. The van der Waals surface area contributed by atoms with Crippen LogP contribution in [0.15, 0.2) is 18.2 Å². The summed E-state index contributed by atoms with van der Waals surface area (Å²) in [6.07, 6.45) is 2.86. The van der Waals surface area contributed by atoms with E-state index in [0.717, 1.165) is 36.5 Å². The van der Waals surface area contributed by atoms with E-state index < -0.39 is 0 Å². The van der Waals surface area contributed by atoms with Crippen molar-refractivity contribution in [2.75, 3.05) is 23.8 Å². The van der Waals surface area contributed by atoms with E-state index in [1.807, 2.05) is 18.2 Å². The molecule has 1 fully saturated rings. The Morgan fingerprint density at radius 1 is 1.42 bits per heavy atom. The first kappa shape index (κ1) is 12.3. The zero-order valence-electron chi connectivity index (χ0n) is 10.9. The van der Waals surface area contributed by atoms with E-state index in [-0.39, 0.29) is 18.6 Å². The SMILES string of the molecule is CC1CCC(CNc2ccc3c(c2)NC(=O)CO3)O1. The standard InChI is InChI=1S/C14H18N2O3/c1-9-2-4-11(19-9)7-15-10-3-5-13-12(6-10)16-14(17)8-18-13/h3,5-6,9,11,15H,2,4,7-8H2,1H3,(H,16,17). The summed E-state index contributed by atoms with van der Waals surface area (Å²) < 4.78 is 11.1. The van der Waals surface area contributed by atoms with Crippen molar-refractivity contribution in [2.45, 2.75) is 32.0 Å². The van der Waals surface area contributed by atoms with Gasteiger partial charge in [-0.1, -0.05) is 0 Å². The second kappa shape index (κ2) is 5.09. The van der Waals surface area contributed by atoms with E-state index in [0.29, 0.717) is 6.10 Å². The number of hydrogen-bond donors (Lipinski definition) is 2. The Kier molecular flexibility index (Phi) is 3.29. The van der Waals surface area contributed by atoms with Gasteiger partial charge in [0.25, 0.3) is 5.91 Å². The molecule has 1 aromatic carbocycles. The van der Waals surface area contributed by atoms with Gasteiger partial charge in [0.2, 0.25) is 0 Å². The quantitative estimate of drug-likeness (QED) is 0.874. The second-order valence-corrected chi connectivity index (χ2v) is 5.07. The highest BCUT2D eigenvalue weighted by Gasteiger charge is 2.21. The molecule has 2 aliphatic rings. The summed E-state index contributed by atoms with van der Waals surface area (Å²) in [5.41, 5.74) is 1.69. The molecule has 0 saturated carbocycles. The fraction of sp³-hybridized carbons (Fsp3) is 0.500. The average Bonchev–Trinajstić information content (AvgIpc) is 2.81. The van der Waals surface area contributed by atoms with Crippen LogP contribution in [0.3, 0.4) is 0 Å². The fourth-order valence-electron chi connectivity index (χ4n) is 2.46. The first-order chi connectivity index (χ1) is 9.20.